The highest BCUT2D eigenvalue weighted by Gasteiger charge is 2.13. The quantitative estimate of drug-likeness (QED) is 0.824. The van der Waals surface area contributed by atoms with Crippen LogP contribution in [0.15, 0.2) is 30.6 Å². The first-order valence-corrected chi connectivity index (χ1v) is 5.90. The molecular formula is C14H14N4. The van der Waals surface area contributed by atoms with E-state index in [2.05, 4.69) is 21.0 Å². The third kappa shape index (κ3) is 2.51. The summed E-state index contributed by atoms with van der Waals surface area (Å²) in [5.41, 5.74) is 2.71. The molecule has 0 saturated heterocycles. The first-order chi connectivity index (χ1) is 8.74. The normalized spacial score (nSPS) is 11.8. The second-order valence-corrected chi connectivity index (χ2v) is 4.08. The van der Waals surface area contributed by atoms with E-state index in [4.69, 9.17) is 5.26 Å². The first-order valence-electron chi connectivity index (χ1n) is 5.90. The number of pyridine rings is 1. The number of nitrogens with zero attached hydrogens (tertiary/aromatic N) is 4. The topological polar surface area (TPSA) is 62.5 Å². The minimum absolute atomic E-state index is 0.245. The molecule has 0 bridgehead atoms. The van der Waals surface area contributed by atoms with Gasteiger partial charge in [-0.15, -0.1) is 0 Å². The van der Waals surface area contributed by atoms with E-state index < -0.39 is 0 Å². The van der Waals surface area contributed by atoms with Gasteiger partial charge in [0.1, 0.15) is 11.7 Å². The fourth-order valence-corrected chi connectivity index (χ4v) is 1.75. The molecule has 1 unspecified atom stereocenters. The van der Waals surface area contributed by atoms with Crippen molar-refractivity contribution in [1.29, 1.82) is 5.26 Å². The summed E-state index contributed by atoms with van der Waals surface area (Å²) in [5.74, 6) is 0.359. The molecule has 18 heavy (non-hydrogen) atoms. The first kappa shape index (κ1) is 12.2. The molecule has 90 valence electrons. The Balaban J connectivity index is 2.48. The van der Waals surface area contributed by atoms with E-state index in [1.54, 1.807) is 12.4 Å². The molecule has 2 aromatic rings. The standard InChI is InChI=1S/C14H14N4/c1-3-11(9-15)14-17-10(2)8-13(18-14)12-4-6-16-7-5-12/h4-8,11H,3H2,1-2H3. The van der Waals surface area contributed by atoms with Crippen molar-refractivity contribution in [2.45, 2.75) is 26.2 Å². The van der Waals surface area contributed by atoms with Crippen molar-refractivity contribution < 1.29 is 0 Å². The molecule has 0 aliphatic heterocycles. The number of hydrogen-bond donors (Lipinski definition) is 0. The Labute approximate surface area is 106 Å². The molecular weight excluding hydrogens is 224 g/mol. The third-order valence-electron chi connectivity index (χ3n) is 2.72. The Morgan fingerprint density at radius 3 is 2.61 bits per heavy atom. The monoisotopic (exact) mass is 238 g/mol. The minimum Gasteiger partial charge on any atom is -0.265 e. The van der Waals surface area contributed by atoms with Gasteiger partial charge in [0, 0.05) is 23.7 Å². The number of rotatable bonds is 3. The van der Waals surface area contributed by atoms with Crippen molar-refractivity contribution in [3.05, 3.63) is 42.1 Å². The van der Waals surface area contributed by atoms with Gasteiger partial charge in [-0.2, -0.15) is 5.26 Å². The summed E-state index contributed by atoms with van der Waals surface area (Å²) < 4.78 is 0. The average Bonchev–Trinajstić information content (AvgIpc) is 2.40. The Bertz CT molecular complexity index is 572. The van der Waals surface area contributed by atoms with Gasteiger partial charge < -0.3 is 0 Å². The fraction of sp³-hybridized carbons (Fsp3) is 0.286. The maximum absolute atomic E-state index is 9.09. The summed E-state index contributed by atoms with van der Waals surface area (Å²) in [4.78, 5) is 12.8. The van der Waals surface area contributed by atoms with E-state index in [0.29, 0.717) is 5.82 Å². The summed E-state index contributed by atoms with van der Waals surface area (Å²) in [7, 11) is 0. The zero-order chi connectivity index (χ0) is 13.0. The van der Waals surface area contributed by atoms with Gasteiger partial charge in [-0.3, -0.25) is 4.98 Å². The van der Waals surface area contributed by atoms with E-state index in [1.165, 1.54) is 0 Å². The van der Waals surface area contributed by atoms with Crippen molar-refractivity contribution in [2.75, 3.05) is 0 Å². The number of hydrogen-bond acceptors (Lipinski definition) is 4. The molecule has 0 amide bonds. The van der Waals surface area contributed by atoms with Crippen LogP contribution in [0.25, 0.3) is 11.3 Å². The van der Waals surface area contributed by atoms with Crippen LogP contribution in [0.3, 0.4) is 0 Å². The Morgan fingerprint density at radius 2 is 2.00 bits per heavy atom. The average molecular weight is 238 g/mol. The zero-order valence-electron chi connectivity index (χ0n) is 10.5. The largest absolute Gasteiger partial charge is 0.265 e. The highest BCUT2D eigenvalue weighted by atomic mass is 14.9. The summed E-state index contributed by atoms with van der Waals surface area (Å²) in [6.07, 6.45) is 4.18. The summed E-state index contributed by atoms with van der Waals surface area (Å²) in [6.45, 7) is 3.88. The van der Waals surface area contributed by atoms with Crippen LogP contribution in [0, 0.1) is 18.3 Å². The van der Waals surface area contributed by atoms with Crippen LogP contribution in [0.1, 0.15) is 30.8 Å². The van der Waals surface area contributed by atoms with Gasteiger partial charge in [-0.25, -0.2) is 9.97 Å². The molecule has 2 heterocycles. The lowest BCUT2D eigenvalue weighted by atomic mass is 10.1. The van der Waals surface area contributed by atoms with Crippen LogP contribution >= 0.6 is 0 Å². The van der Waals surface area contributed by atoms with Crippen LogP contribution in [-0.4, -0.2) is 15.0 Å². The summed E-state index contributed by atoms with van der Waals surface area (Å²) >= 11 is 0. The molecule has 4 nitrogen and oxygen atoms in total. The maximum Gasteiger partial charge on any atom is 0.146 e. The smallest absolute Gasteiger partial charge is 0.146 e. The van der Waals surface area contributed by atoms with Crippen LogP contribution < -0.4 is 0 Å². The zero-order valence-corrected chi connectivity index (χ0v) is 10.5. The van der Waals surface area contributed by atoms with E-state index in [1.807, 2.05) is 32.0 Å². The van der Waals surface area contributed by atoms with E-state index >= 15 is 0 Å². The molecule has 0 aliphatic rings. The van der Waals surface area contributed by atoms with Crippen molar-refractivity contribution in [3.8, 4) is 17.3 Å². The maximum atomic E-state index is 9.09. The number of aryl methyl sites for hydroxylation is 1. The van der Waals surface area contributed by atoms with Crippen LogP contribution in [0.4, 0.5) is 0 Å². The van der Waals surface area contributed by atoms with Gasteiger partial charge in [-0.1, -0.05) is 6.92 Å². The van der Waals surface area contributed by atoms with E-state index in [9.17, 15) is 0 Å². The van der Waals surface area contributed by atoms with E-state index in [-0.39, 0.29) is 5.92 Å². The van der Waals surface area contributed by atoms with Crippen molar-refractivity contribution in [3.63, 3.8) is 0 Å². The van der Waals surface area contributed by atoms with Crippen LogP contribution in [0.2, 0.25) is 0 Å². The molecule has 1 atom stereocenters. The van der Waals surface area contributed by atoms with Gasteiger partial charge >= 0.3 is 0 Å². The Kier molecular flexibility index (Phi) is 3.63. The lowest BCUT2D eigenvalue weighted by Crippen LogP contribution is -2.04. The second kappa shape index (κ2) is 5.37. The molecule has 0 N–H and O–H groups in total. The van der Waals surface area contributed by atoms with E-state index in [0.717, 1.165) is 23.4 Å². The Morgan fingerprint density at radius 1 is 1.28 bits per heavy atom. The lowest BCUT2D eigenvalue weighted by Gasteiger charge is -2.08. The number of aromatic nitrogens is 3. The second-order valence-electron chi connectivity index (χ2n) is 4.08. The van der Waals surface area contributed by atoms with Gasteiger partial charge in [-0.05, 0) is 31.5 Å². The van der Waals surface area contributed by atoms with Crippen molar-refractivity contribution >= 4 is 0 Å². The predicted molar refractivity (Wildman–Crippen MR) is 68.6 cm³/mol. The molecule has 4 heteroatoms. The van der Waals surface area contributed by atoms with Crippen LogP contribution in [0.5, 0.6) is 0 Å². The lowest BCUT2D eigenvalue weighted by molar-refractivity contribution is 0.746. The van der Waals surface area contributed by atoms with Gasteiger partial charge in [0.2, 0.25) is 0 Å². The predicted octanol–water partition coefficient (Wildman–Crippen LogP) is 2.86. The highest BCUT2D eigenvalue weighted by Crippen LogP contribution is 2.21. The summed E-state index contributed by atoms with van der Waals surface area (Å²) in [5, 5.41) is 9.09. The van der Waals surface area contributed by atoms with Crippen molar-refractivity contribution in [1.82, 2.24) is 15.0 Å². The molecule has 0 aromatic carbocycles. The van der Waals surface area contributed by atoms with Gasteiger partial charge in [0.15, 0.2) is 0 Å². The molecule has 0 saturated carbocycles. The molecule has 0 fully saturated rings. The van der Waals surface area contributed by atoms with Gasteiger partial charge in [0.25, 0.3) is 0 Å². The molecule has 2 rings (SSSR count). The van der Waals surface area contributed by atoms with Crippen LogP contribution in [-0.2, 0) is 0 Å². The minimum atomic E-state index is -0.245. The van der Waals surface area contributed by atoms with Gasteiger partial charge in [0.05, 0.1) is 11.8 Å². The third-order valence-corrected chi connectivity index (χ3v) is 2.72. The molecule has 0 aliphatic carbocycles. The number of nitriles is 1. The SMILES string of the molecule is CCC(C#N)c1nc(C)cc(-c2ccncc2)n1. The fourth-order valence-electron chi connectivity index (χ4n) is 1.75. The van der Waals surface area contributed by atoms with Crippen molar-refractivity contribution in [2.24, 2.45) is 0 Å². The highest BCUT2D eigenvalue weighted by molar-refractivity contribution is 5.58. The Hall–Kier alpha value is -2.28. The molecule has 0 spiro atoms. The molecule has 2 aromatic heterocycles. The molecule has 0 radical (unpaired) electrons. The summed E-state index contributed by atoms with van der Waals surface area (Å²) in [6, 6.07) is 7.96.